The number of alkyl halides is 3. The van der Waals surface area contributed by atoms with Crippen LogP contribution < -0.4 is 5.73 Å². The monoisotopic (exact) mass is 305 g/mol. The molecule has 3 N–H and O–H groups in total. The Labute approximate surface area is 117 Å². The van der Waals surface area contributed by atoms with Crippen molar-refractivity contribution < 1.29 is 27.5 Å². The third kappa shape index (κ3) is 3.73. The second-order valence-electron chi connectivity index (χ2n) is 4.86. The Bertz CT molecular complexity index is 553. The minimum Gasteiger partial charge on any atom is -0.476 e. The van der Waals surface area contributed by atoms with Crippen molar-refractivity contribution in [1.29, 1.82) is 0 Å². The van der Waals surface area contributed by atoms with Gasteiger partial charge < -0.3 is 15.3 Å². The number of aromatic nitrogens is 1. The number of aliphatic imine (C=N–C) groups is 1. The van der Waals surface area contributed by atoms with Gasteiger partial charge in [0.15, 0.2) is 11.6 Å². The molecule has 2 rings (SSSR count). The van der Waals surface area contributed by atoms with Crippen molar-refractivity contribution in [3.05, 3.63) is 17.8 Å². The van der Waals surface area contributed by atoms with Crippen LogP contribution in [-0.4, -0.2) is 34.1 Å². The fourth-order valence-electron chi connectivity index (χ4n) is 2.30. The average molecular weight is 305 g/mol. The van der Waals surface area contributed by atoms with Gasteiger partial charge in [-0.1, -0.05) is 0 Å². The maximum atomic E-state index is 12.8. The molecule has 1 aliphatic rings. The van der Waals surface area contributed by atoms with E-state index in [-0.39, 0.29) is 36.7 Å². The number of oxazole rings is 1. The third-order valence-corrected chi connectivity index (χ3v) is 3.31. The van der Waals surface area contributed by atoms with Gasteiger partial charge >= 0.3 is 12.1 Å². The fourth-order valence-corrected chi connectivity index (χ4v) is 2.30. The number of aromatic carboxylic acids is 1. The summed E-state index contributed by atoms with van der Waals surface area (Å²) in [6.45, 7) is 0. The molecule has 1 aromatic heterocycles. The Kier molecular flexibility index (Phi) is 4.19. The van der Waals surface area contributed by atoms with Gasteiger partial charge in [-0.05, 0) is 12.8 Å². The Morgan fingerprint density at radius 3 is 2.81 bits per heavy atom. The highest BCUT2D eigenvalue weighted by Gasteiger charge is 2.47. The van der Waals surface area contributed by atoms with Crippen LogP contribution in [0.4, 0.5) is 13.2 Å². The molecular formula is C12H14F3N3O3. The number of hydrogen-bond donors (Lipinski definition) is 2. The van der Waals surface area contributed by atoms with Crippen molar-refractivity contribution in [2.75, 3.05) is 0 Å². The minimum absolute atomic E-state index is 0.0200. The predicted octanol–water partition coefficient (Wildman–Crippen LogP) is 2.00. The minimum atomic E-state index is -4.32. The summed E-state index contributed by atoms with van der Waals surface area (Å²) in [5.74, 6) is -2.55. The van der Waals surface area contributed by atoms with Crippen LogP contribution in [0.25, 0.3) is 0 Å². The summed E-state index contributed by atoms with van der Waals surface area (Å²) in [5, 5.41) is 8.67. The zero-order valence-electron chi connectivity index (χ0n) is 10.9. The Hall–Kier alpha value is -2.06. The molecule has 0 amide bonds. The van der Waals surface area contributed by atoms with Crippen molar-refractivity contribution in [2.24, 2.45) is 16.6 Å². The zero-order valence-corrected chi connectivity index (χ0v) is 10.9. The van der Waals surface area contributed by atoms with Gasteiger partial charge in [0, 0.05) is 12.8 Å². The van der Waals surface area contributed by atoms with Crippen molar-refractivity contribution >= 4 is 11.8 Å². The third-order valence-electron chi connectivity index (χ3n) is 3.31. The van der Waals surface area contributed by atoms with Gasteiger partial charge in [-0.15, -0.1) is 0 Å². The quantitative estimate of drug-likeness (QED) is 0.866. The molecule has 0 radical (unpaired) electrons. The average Bonchev–Trinajstić information content (AvgIpc) is 2.95. The first-order chi connectivity index (χ1) is 9.77. The molecule has 116 valence electrons. The highest BCUT2D eigenvalue weighted by molar-refractivity contribution is 5.84. The van der Waals surface area contributed by atoms with E-state index in [1.165, 1.54) is 0 Å². The van der Waals surface area contributed by atoms with E-state index < -0.39 is 24.1 Å². The van der Waals surface area contributed by atoms with E-state index in [0.717, 1.165) is 6.26 Å². The lowest BCUT2D eigenvalue weighted by Gasteiger charge is -2.20. The molecule has 2 unspecified atom stereocenters. The highest BCUT2D eigenvalue weighted by Crippen LogP contribution is 2.37. The van der Waals surface area contributed by atoms with Crippen LogP contribution in [-0.2, 0) is 6.42 Å². The van der Waals surface area contributed by atoms with Crippen LogP contribution in [0.15, 0.2) is 15.7 Å². The van der Waals surface area contributed by atoms with Crippen molar-refractivity contribution in [2.45, 2.75) is 37.9 Å². The molecule has 2 atom stereocenters. The number of nitrogens with zero attached hydrogens (tertiary/aromatic N) is 2. The molecule has 0 saturated heterocycles. The maximum Gasteiger partial charge on any atom is 0.394 e. The summed E-state index contributed by atoms with van der Waals surface area (Å²) in [5.41, 5.74) is 5.16. The van der Waals surface area contributed by atoms with E-state index in [4.69, 9.17) is 15.3 Å². The number of nitrogens with two attached hydrogens (primary N) is 1. The normalized spacial score (nSPS) is 22.3. The Morgan fingerprint density at radius 2 is 2.24 bits per heavy atom. The number of amidine groups is 1. The summed E-state index contributed by atoms with van der Waals surface area (Å²) in [7, 11) is 0. The molecule has 0 fully saturated rings. The Balaban J connectivity index is 1.88. The second-order valence-corrected chi connectivity index (χ2v) is 4.86. The molecule has 9 heteroatoms. The standard InChI is InChI=1S/C12H14F3N3O3/c13-12(14,15)6-4-9(16)17-7(6)2-1-3-10-18-8(5-21-10)11(19)20/h5-7H,1-4H2,(H2,16,17)(H,19,20). The number of aryl methyl sites for hydroxylation is 1. The second kappa shape index (κ2) is 5.74. The van der Waals surface area contributed by atoms with Gasteiger partial charge in [0.25, 0.3) is 0 Å². The van der Waals surface area contributed by atoms with Gasteiger partial charge in [0.2, 0.25) is 0 Å². The van der Waals surface area contributed by atoms with Crippen molar-refractivity contribution in [3.8, 4) is 0 Å². The fraction of sp³-hybridized carbons (Fsp3) is 0.583. The molecule has 0 saturated carbocycles. The molecule has 0 bridgehead atoms. The van der Waals surface area contributed by atoms with Crippen LogP contribution in [0.1, 0.15) is 35.6 Å². The molecule has 6 nitrogen and oxygen atoms in total. The molecule has 1 aromatic rings. The number of carboxylic acid groups (broad SMARTS) is 1. The highest BCUT2D eigenvalue weighted by atomic mass is 19.4. The lowest BCUT2D eigenvalue weighted by molar-refractivity contribution is -0.176. The largest absolute Gasteiger partial charge is 0.476 e. The summed E-state index contributed by atoms with van der Waals surface area (Å²) >= 11 is 0. The van der Waals surface area contributed by atoms with E-state index in [1.54, 1.807) is 0 Å². The van der Waals surface area contributed by atoms with E-state index >= 15 is 0 Å². The SMILES string of the molecule is NC1=NC(CCCc2nc(C(=O)O)co2)C(C(F)(F)F)C1. The molecule has 1 aliphatic heterocycles. The number of halogens is 3. The lowest BCUT2D eigenvalue weighted by Crippen LogP contribution is -2.30. The maximum absolute atomic E-state index is 12.8. The van der Waals surface area contributed by atoms with Gasteiger partial charge in [0.1, 0.15) is 6.26 Å². The van der Waals surface area contributed by atoms with E-state index in [9.17, 15) is 18.0 Å². The molecule has 2 heterocycles. The van der Waals surface area contributed by atoms with Gasteiger partial charge in [0.05, 0.1) is 17.8 Å². The summed E-state index contributed by atoms with van der Waals surface area (Å²) < 4.78 is 43.3. The first kappa shape index (κ1) is 15.3. The molecule has 0 aliphatic carbocycles. The van der Waals surface area contributed by atoms with Crippen LogP contribution in [0, 0.1) is 5.92 Å². The van der Waals surface area contributed by atoms with Crippen LogP contribution in [0.5, 0.6) is 0 Å². The summed E-state index contributed by atoms with van der Waals surface area (Å²) in [6.07, 6.45) is -2.79. The number of carboxylic acids is 1. The van der Waals surface area contributed by atoms with E-state index in [2.05, 4.69) is 9.98 Å². The van der Waals surface area contributed by atoms with Gasteiger partial charge in [-0.3, -0.25) is 4.99 Å². The Morgan fingerprint density at radius 1 is 1.52 bits per heavy atom. The molecular weight excluding hydrogens is 291 g/mol. The van der Waals surface area contributed by atoms with E-state index in [1.807, 2.05) is 0 Å². The zero-order chi connectivity index (χ0) is 15.6. The topological polar surface area (TPSA) is 102 Å². The first-order valence-electron chi connectivity index (χ1n) is 6.34. The smallest absolute Gasteiger partial charge is 0.394 e. The number of rotatable bonds is 5. The van der Waals surface area contributed by atoms with Crippen LogP contribution in [0.3, 0.4) is 0 Å². The van der Waals surface area contributed by atoms with Crippen molar-refractivity contribution in [3.63, 3.8) is 0 Å². The van der Waals surface area contributed by atoms with Gasteiger partial charge in [-0.25, -0.2) is 9.78 Å². The van der Waals surface area contributed by atoms with E-state index in [0.29, 0.717) is 6.42 Å². The van der Waals surface area contributed by atoms with Crippen molar-refractivity contribution in [1.82, 2.24) is 4.98 Å². The molecule has 21 heavy (non-hydrogen) atoms. The van der Waals surface area contributed by atoms with Crippen LogP contribution >= 0.6 is 0 Å². The predicted molar refractivity (Wildman–Crippen MR) is 66.0 cm³/mol. The molecule has 0 spiro atoms. The summed E-state index contributed by atoms with van der Waals surface area (Å²) in [4.78, 5) is 18.1. The lowest BCUT2D eigenvalue weighted by atomic mass is 9.94. The van der Waals surface area contributed by atoms with Gasteiger partial charge in [-0.2, -0.15) is 13.2 Å². The molecule has 0 aromatic carbocycles. The van der Waals surface area contributed by atoms with Crippen LogP contribution in [0.2, 0.25) is 0 Å². The first-order valence-corrected chi connectivity index (χ1v) is 6.34. The number of hydrogen-bond acceptors (Lipinski definition) is 5. The number of carbonyl (C=O) groups is 1. The summed E-state index contributed by atoms with van der Waals surface area (Å²) in [6, 6.07) is -0.890.